The molecule has 0 aliphatic carbocycles. The van der Waals surface area contributed by atoms with Crippen LogP contribution in [0.25, 0.3) is 4.48 Å². The van der Waals surface area contributed by atoms with Gasteiger partial charge in [-0.05, 0) is 37.4 Å². The van der Waals surface area contributed by atoms with Crippen molar-refractivity contribution in [2.45, 2.75) is 0 Å². The van der Waals surface area contributed by atoms with Crippen molar-refractivity contribution in [1.82, 2.24) is 0 Å². The van der Waals surface area contributed by atoms with Crippen LogP contribution in [0.4, 0.5) is 0 Å². The van der Waals surface area contributed by atoms with Crippen molar-refractivity contribution in [2.24, 2.45) is 0 Å². The Bertz CT molecular complexity index is 574. The van der Waals surface area contributed by atoms with E-state index in [2.05, 4.69) is 31.9 Å². The standard InChI is InChI=1S/C15H10Br2O/c16-13(11-7-3-1-4-8-11)14(17)15(18)12-9-5-2-6-10-12/h1-10H. The lowest BCUT2D eigenvalue weighted by molar-refractivity contribution is 0.104. The molecule has 0 aliphatic rings. The van der Waals surface area contributed by atoms with Gasteiger partial charge in [0.05, 0.1) is 4.48 Å². The molecular formula is C15H10Br2O. The van der Waals surface area contributed by atoms with Crippen LogP contribution in [0, 0.1) is 0 Å². The van der Waals surface area contributed by atoms with Gasteiger partial charge in [-0.15, -0.1) is 0 Å². The van der Waals surface area contributed by atoms with E-state index in [0.29, 0.717) is 10.0 Å². The van der Waals surface area contributed by atoms with Crippen molar-refractivity contribution in [1.29, 1.82) is 0 Å². The minimum atomic E-state index is -0.0358. The Morgan fingerprint density at radius 1 is 0.722 bits per heavy atom. The Morgan fingerprint density at radius 2 is 1.17 bits per heavy atom. The normalized spacial score (nSPS) is 11.9. The molecule has 0 radical (unpaired) electrons. The van der Waals surface area contributed by atoms with E-state index in [4.69, 9.17) is 0 Å². The molecule has 0 heterocycles. The molecule has 18 heavy (non-hydrogen) atoms. The van der Waals surface area contributed by atoms with Crippen LogP contribution in [0.3, 0.4) is 0 Å². The molecule has 0 spiro atoms. The highest BCUT2D eigenvalue weighted by Crippen LogP contribution is 2.30. The van der Waals surface area contributed by atoms with Crippen LogP contribution in [-0.2, 0) is 0 Å². The van der Waals surface area contributed by atoms with E-state index in [9.17, 15) is 4.79 Å². The first-order valence-corrected chi connectivity index (χ1v) is 6.99. The van der Waals surface area contributed by atoms with Gasteiger partial charge in [0.15, 0.2) is 0 Å². The lowest BCUT2D eigenvalue weighted by Crippen LogP contribution is -1.99. The molecule has 0 aliphatic heterocycles. The average Bonchev–Trinajstić information content (AvgIpc) is 2.47. The van der Waals surface area contributed by atoms with Gasteiger partial charge in [0.1, 0.15) is 0 Å². The number of carbonyl (C=O) groups excluding carboxylic acids is 1. The maximum absolute atomic E-state index is 12.2. The molecule has 0 fully saturated rings. The summed E-state index contributed by atoms with van der Waals surface area (Å²) in [6.45, 7) is 0. The molecule has 2 aromatic rings. The third-order valence-corrected chi connectivity index (χ3v) is 4.60. The largest absolute Gasteiger partial charge is 0.288 e. The van der Waals surface area contributed by atoms with Crippen molar-refractivity contribution in [2.75, 3.05) is 0 Å². The smallest absolute Gasteiger partial charge is 0.201 e. The number of hydrogen-bond donors (Lipinski definition) is 0. The molecule has 0 atom stereocenters. The number of benzene rings is 2. The fourth-order valence-corrected chi connectivity index (χ4v) is 2.43. The van der Waals surface area contributed by atoms with Crippen LogP contribution in [0.5, 0.6) is 0 Å². The molecule has 0 saturated carbocycles. The lowest BCUT2D eigenvalue weighted by atomic mass is 10.1. The second-order valence-electron chi connectivity index (χ2n) is 3.69. The van der Waals surface area contributed by atoms with Gasteiger partial charge in [0.25, 0.3) is 0 Å². The number of allylic oxidation sites excluding steroid dienone is 1. The van der Waals surface area contributed by atoms with E-state index < -0.39 is 0 Å². The molecule has 90 valence electrons. The molecule has 0 unspecified atom stereocenters. The first-order valence-electron chi connectivity index (χ1n) is 5.40. The number of hydrogen-bond acceptors (Lipinski definition) is 1. The summed E-state index contributed by atoms with van der Waals surface area (Å²) >= 11 is 6.83. The fourth-order valence-electron chi connectivity index (χ4n) is 1.53. The summed E-state index contributed by atoms with van der Waals surface area (Å²) in [5.41, 5.74) is 1.63. The van der Waals surface area contributed by atoms with Gasteiger partial charge in [0.2, 0.25) is 5.78 Å². The van der Waals surface area contributed by atoms with Crippen LogP contribution in [-0.4, -0.2) is 5.78 Å². The predicted octanol–water partition coefficient (Wildman–Crippen LogP) is 5.03. The highest BCUT2D eigenvalue weighted by Gasteiger charge is 2.13. The minimum Gasteiger partial charge on any atom is -0.288 e. The summed E-state index contributed by atoms with van der Waals surface area (Å²) in [6, 6.07) is 18.9. The molecule has 2 rings (SSSR count). The monoisotopic (exact) mass is 364 g/mol. The van der Waals surface area contributed by atoms with Crippen molar-refractivity contribution < 1.29 is 4.79 Å². The van der Waals surface area contributed by atoms with Crippen LogP contribution >= 0.6 is 31.9 Å². The van der Waals surface area contributed by atoms with Crippen LogP contribution in [0.2, 0.25) is 0 Å². The maximum atomic E-state index is 12.2. The van der Waals surface area contributed by atoms with Gasteiger partial charge in [-0.1, -0.05) is 60.7 Å². The Hall–Kier alpha value is -1.19. The number of rotatable bonds is 3. The zero-order valence-electron chi connectivity index (χ0n) is 9.44. The molecule has 2 aromatic carbocycles. The van der Waals surface area contributed by atoms with Crippen molar-refractivity contribution in [3.05, 3.63) is 76.3 Å². The number of Topliss-reactive ketones (excluding diaryl/α,β-unsaturated/α-hetero) is 1. The summed E-state index contributed by atoms with van der Waals surface area (Å²) in [5.74, 6) is -0.0358. The van der Waals surface area contributed by atoms with Crippen LogP contribution < -0.4 is 0 Å². The molecule has 1 nitrogen and oxygen atoms in total. The zero-order valence-corrected chi connectivity index (χ0v) is 12.6. The highest BCUT2D eigenvalue weighted by molar-refractivity contribution is 9.16. The van der Waals surface area contributed by atoms with Gasteiger partial charge in [-0.25, -0.2) is 0 Å². The van der Waals surface area contributed by atoms with Gasteiger partial charge in [-0.3, -0.25) is 4.79 Å². The van der Waals surface area contributed by atoms with Crippen molar-refractivity contribution >= 4 is 42.1 Å². The Morgan fingerprint density at radius 3 is 1.67 bits per heavy atom. The highest BCUT2D eigenvalue weighted by atomic mass is 79.9. The molecule has 0 aromatic heterocycles. The second kappa shape index (κ2) is 6.12. The first-order chi connectivity index (χ1) is 8.70. The van der Waals surface area contributed by atoms with Gasteiger partial charge >= 0.3 is 0 Å². The van der Waals surface area contributed by atoms with E-state index in [1.807, 2.05) is 48.5 Å². The van der Waals surface area contributed by atoms with E-state index in [0.717, 1.165) is 10.0 Å². The maximum Gasteiger partial charge on any atom is 0.201 e. The molecule has 3 heteroatoms. The molecule has 0 amide bonds. The van der Waals surface area contributed by atoms with Crippen LogP contribution in [0.1, 0.15) is 15.9 Å². The first kappa shape index (κ1) is 13.2. The zero-order chi connectivity index (χ0) is 13.0. The second-order valence-corrected chi connectivity index (χ2v) is 5.28. The lowest BCUT2D eigenvalue weighted by Gasteiger charge is -2.04. The summed E-state index contributed by atoms with van der Waals surface area (Å²) in [6.07, 6.45) is 0. The van der Waals surface area contributed by atoms with Crippen molar-refractivity contribution in [3.8, 4) is 0 Å². The topological polar surface area (TPSA) is 17.1 Å². The third-order valence-electron chi connectivity index (χ3n) is 2.46. The fraction of sp³-hybridized carbons (Fsp3) is 0. The molecule has 0 N–H and O–H groups in total. The summed E-state index contributed by atoms with van der Waals surface area (Å²) in [4.78, 5) is 12.2. The number of carbonyl (C=O) groups is 1. The Balaban J connectivity index is 2.37. The average molecular weight is 366 g/mol. The Kier molecular flexibility index (Phi) is 4.50. The molecule has 0 saturated heterocycles. The van der Waals surface area contributed by atoms with E-state index in [1.165, 1.54) is 0 Å². The Labute approximate surface area is 123 Å². The minimum absolute atomic E-state index is 0.0358. The predicted molar refractivity (Wildman–Crippen MR) is 82.0 cm³/mol. The summed E-state index contributed by atoms with van der Waals surface area (Å²) in [5, 5.41) is 0. The van der Waals surface area contributed by atoms with Gasteiger partial charge in [0, 0.05) is 10.0 Å². The summed E-state index contributed by atoms with van der Waals surface area (Å²) in [7, 11) is 0. The van der Waals surface area contributed by atoms with Crippen LogP contribution in [0.15, 0.2) is 65.1 Å². The van der Waals surface area contributed by atoms with Gasteiger partial charge in [-0.2, -0.15) is 0 Å². The SMILES string of the molecule is O=C(C(Br)=C(Br)c1ccccc1)c1ccccc1. The van der Waals surface area contributed by atoms with E-state index in [-0.39, 0.29) is 5.78 Å². The molecular weight excluding hydrogens is 356 g/mol. The third kappa shape index (κ3) is 2.98. The van der Waals surface area contributed by atoms with E-state index in [1.54, 1.807) is 12.1 Å². The van der Waals surface area contributed by atoms with E-state index >= 15 is 0 Å². The quantitative estimate of drug-likeness (QED) is 0.550. The van der Waals surface area contributed by atoms with Gasteiger partial charge < -0.3 is 0 Å². The number of ketones is 1. The molecule has 0 bridgehead atoms. The summed E-state index contributed by atoms with van der Waals surface area (Å²) < 4.78 is 1.29. The number of halogens is 2. The van der Waals surface area contributed by atoms with Crippen molar-refractivity contribution in [3.63, 3.8) is 0 Å².